The minimum absolute atomic E-state index is 0.0803. The maximum absolute atomic E-state index is 13.2. The highest BCUT2D eigenvalue weighted by molar-refractivity contribution is 6.03. The Morgan fingerprint density at radius 2 is 2.00 bits per heavy atom. The number of ether oxygens (including phenoxy) is 1. The molecule has 5 rings (SSSR count). The van der Waals surface area contributed by atoms with Gasteiger partial charge in [-0.15, -0.1) is 0 Å². The van der Waals surface area contributed by atoms with Crippen molar-refractivity contribution < 1.29 is 9.13 Å². The number of imidazole rings is 1. The fraction of sp³-hybridized carbons (Fsp3) is 0.318. The fourth-order valence-electron chi connectivity index (χ4n) is 4.45. The number of halogens is 1. The first-order chi connectivity index (χ1) is 14.1. The van der Waals surface area contributed by atoms with E-state index in [1.54, 1.807) is 19.4 Å². The number of methoxy groups -OCH3 is 1. The van der Waals surface area contributed by atoms with E-state index in [-0.39, 0.29) is 17.8 Å². The van der Waals surface area contributed by atoms with Gasteiger partial charge in [-0.05, 0) is 55.5 Å². The zero-order valence-corrected chi connectivity index (χ0v) is 16.1. The molecule has 1 aliphatic carbocycles. The minimum atomic E-state index is -0.511. The van der Waals surface area contributed by atoms with Crippen LogP contribution in [0.2, 0.25) is 0 Å². The average Bonchev–Trinajstić information content (AvgIpc) is 3.10. The second kappa shape index (κ2) is 7.08. The lowest BCUT2D eigenvalue weighted by Crippen LogP contribution is -2.29. The van der Waals surface area contributed by atoms with E-state index in [0.717, 1.165) is 58.7 Å². The Kier molecular flexibility index (Phi) is 4.39. The number of hydrogen-bond acceptors (Lipinski definition) is 4. The van der Waals surface area contributed by atoms with Crippen LogP contribution < -0.4 is 5.69 Å². The predicted molar refractivity (Wildman–Crippen MR) is 109 cm³/mol. The van der Waals surface area contributed by atoms with Crippen molar-refractivity contribution in [3.63, 3.8) is 0 Å². The van der Waals surface area contributed by atoms with E-state index < -0.39 is 5.95 Å². The normalized spacial score (nSPS) is 19.8. The lowest BCUT2D eigenvalue weighted by Gasteiger charge is -2.29. The third-order valence-corrected chi connectivity index (χ3v) is 5.90. The fourth-order valence-corrected chi connectivity index (χ4v) is 4.45. The summed E-state index contributed by atoms with van der Waals surface area (Å²) < 4.78 is 20.7. The number of aromatic nitrogens is 4. The van der Waals surface area contributed by atoms with Gasteiger partial charge >= 0.3 is 5.69 Å². The molecule has 148 valence electrons. The SMILES string of the molecule is COC1CCCC(n2c(=O)[nH]c3cnc4ccc(-c5ccc(F)nc5)cc4c32)C1. The Balaban J connectivity index is 1.71. The van der Waals surface area contributed by atoms with E-state index in [2.05, 4.69) is 15.0 Å². The number of nitrogens with one attached hydrogen (secondary N) is 1. The van der Waals surface area contributed by atoms with E-state index in [1.807, 2.05) is 22.8 Å². The molecule has 0 spiro atoms. The van der Waals surface area contributed by atoms with Crippen molar-refractivity contribution in [3.05, 3.63) is 59.2 Å². The molecule has 1 aromatic carbocycles. The van der Waals surface area contributed by atoms with Gasteiger partial charge in [0.15, 0.2) is 0 Å². The number of rotatable bonds is 3. The van der Waals surface area contributed by atoms with Gasteiger partial charge in [0.2, 0.25) is 5.95 Å². The second-order valence-electron chi connectivity index (χ2n) is 7.60. The average molecular weight is 392 g/mol. The van der Waals surface area contributed by atoms with Crippen molar-refractivity contribution in [1.82, 2.24) is 19.5 Å². The molecule has 7 heteroatoms. The Labute approximate surface area is 166 Å². The highest BCUT2D eigenvalue weighted by Gasteiger charge is 2.26. The first-order valence-electron chi connectivity index (χ1n) is 9.82. The molecule has 1 aliphatic rings. The van der Waals surface area contributed by atoms with Gasteiger partial charge in [-0.25, -0.2) is 9.78 Å². The van der Waals surface area contributed by atoms with Crippen LogP contribution in [0.4, 0.5) is 4.39 Å². The van der Waals surface area contributed by atoms with Crippen molar-refractivity contribution >= 4 is 21.9 Å². The first-order valence-corrected chi connectivity index (χ1v) is 9.82. The summed E-state index contributed by atoms with van der Waals surface area (Å²) in [6.07, 6.45) is 7.20. The molecule has 1 N–H and O–H groups in total. The predicted octanol–water partition coefficient (Wildman–Crippen LogP) is 4.21. The summed E-state index contributed by atoms with van der Waals surface area (Å²) in [5.41, 5.74) is 3.98. The Hall–Kier alpha value is -3.06. The molecule has 2 unspecified atom stereocenters. The van der Waals surface area contributed by atoms with Crippen LogP contribution in [0.3, 0.4) is 0 Å². The summed E-state index contributed by atoms with van der Waals surface area (Å²) in [5, 5.41) is 0.891. The zero-order chi connectivity index (χ0) is 20.0. The molecule has 29 heavy (non-hydrogen) atoms. The highest BCUT2D eigenvalue weighted by Crippen LogP contribution is 2.34. The largest absolute Gasteiger partial charge is 0.381 e. The molecular weight excluding hydrogens is 371 g/mol. The van der Waals surface area contributed by atoms with Gasteiger partial charge in [0.1, 0.15) is 0 Å². The summed E-state index contributed by atoms with van der Waals surface area (Å²) in [5.74, 6) is -0.511. The number of fused-ring (bicyclic) bond motifs is 3. The molecule has 0 radical (unpaired) electrons. The number of nitrogens with zero attached hydrogens (tertiary/aromatic N) is 3. The lowest BCUT2D eigenvalue weighted by atomic mass is 9.92. The molecule has 1 fully saturated rings. The summed E-state index contributed by atoms with van der Waals surface area (Å²) >= 11 is 0. The van der Waals surface area contributed by atoms with Gasteiger partial charge in [0, 0.05) is 30.3 Å². The van der Waals surface area contributed by atoms with Gasteiger partial charge in [0.05, 0.1) is 28.9 Å². The van der Waals surface area contributed by atoms with E-state index in [1.165, 1.54) is 12.3 Å². The molecule has 0 bridgehead atoms. The van der Waals surface area contributed by atoms with Crippen LogP contribution in [0.5, 0.6) is 0 Å². The van der Waals surface area contributed by atoms with E-state index >= 15 is 0 Å². The summed E-state index contributed by atoms with van der Waals surface area (Å²) in [7, 11) is 1.73. The van der Waals surface area contributed by atoms with E-state index in [4.69, 9.17) is 4.74 Å². The highest BCUT2D eigenvalue weighted by atomic mass is 19.1. The molecule has 3 aromatic heterocycles. The quantitative estimate of drug-likeness (QED) is 0.530. The summed E-state index contributed by atoms with van der Waals surface area (Å²) in [6.45, 7) is 0. The molecular formula is C22H21FN4O2. The minimum Gasteiger partial charge on any atom is -0.381 e. The summed E-state index contributed by atoms with van der Waals surface area (Å²) in [6, 6.07) is 8.99. The maximum Gasteiger partial charge on any atom is 0.326 e. The van der Waals surface area contributed by atoms with Crippen LogP contribution in [0.15, 0.2) is 47.5 Å². The topological polar surface area (TPSA) is 72.8 Å². The van der Waals surface area contributed by atoms with Crippen molar-refractivity contribution in [2.75, 3.05) is 7.11 Å². The van der Waals surface area contributed by atoms with Crippen LogP contribution in [-0.4, -0.2) is 32.7 Å². The van der Waals surface area contributed by atoms with Crippen LogP contribution in [0.25, 0.3) is 33.1 Å². The monoisotopic (exact) mass is 392 g/mol. The standard InChI is InChI=1S/C22H21FN4O2/c1-29-16-4-2-3-15(10-16)27-21-17-9-13(14-6-8-20(23)25-11-14)5-7-18(17)24-12-19(21)26-22(27)28/h5-9,11-12,15-16H,2-4,10H2,1H3,(H,26,28). The molecule has 2 atom stereocenters. The first kappa shape index (κ1) is 18.0. The summed E-state index contributed by atoms with van der Waals surface area (Å²) in [4.78, 5) is 24.1. The van der Waals surface area contributed by atoms with Crippen LogP contribution in [0.1, 0.15) is 31.7 Å². The third kappa shape index (κ3) is 3.11. The van der Waals surface area contributed by atoms with Crippen LogP contribution in [0, 0.1) is 5.95 Å². The number of H-pyrrole nitrogens is 1. The van der Waals surface area contributed by atoms with Gasteiger partial charge in [-0.1, -0.05) is 6.07 Å². The molecule has 1 saturated carbocycles. The van der Waals surface area contributed by atoms with Crippen LogP contribution in [-0.2, 0) is 4.74 Å². The van der Waals surface area contributed by atoms with Crippen molar-refractivity contribution in [1.29, 1.82) is 0 Å². The van der Waals surface area contributed by atoms with E-state index in [0.29, 0.717) is 0 Å². The Morgan fingerprint density at radius 1 is 1.14 bits per heavy atom. The Morgan fingerprint density at radius 3 is 2.79 bits per heavy atom. The van der Waals surface area contributed by atoms with Gasteiger partial charge < -0.3 is 9.72 Å². The zero-order valence-electron chi connectivity index (χ0n) is 16.1. The maximum atomic E-state index is 13.2. The number of pyridine rings is 2. The van der Waals surface area contributed by atoms with E-state index in [9.17, 15) is 9.18 Å². The number of benzene rings is 1. The Bertz CT molecular complexity index is 1250. The van der Waals surface area contributed by atoms with Crippen molar-refractivity contribution in [3.8, 4) is 11.1 Å². The molecule has 0 aliphatic heterocycles. The number of hydrogen-bond donors (Lipinski definition) is 1. The second-order valence-corrected chi connectivity index (χ2v) is 7.60. The smallest absolute Gasteiger partial charge is 0.326 e. The number of aromatic amines is 1. The molecule has 3 heterocycles. The van der Waals surface area contributed by atoms with Gasteiger partial charge in [-0.3, -0.25) is 9.55 Å². The molecule has 4 aromatic rings. The van der Waals surface area contributed by atoms with Gasteiger partial charge in [0.25, 0.3) is 0 Å². The van der Waals surface area contributed by atoms with Crippen molar-refractivity contribution in [2.24, 2.45) is 0 Å². The lowest BCUT2D eigenvalue weighted by molar-refractivity contribution is 0.0532. The molecule has 6 nitrogen and oxygen atoms in total. The van der Waals surface area contributed by atoms with Crippen molar-refractivity contribution in [2.45, 2.75) is 37.8 Å². The molecule has 0 amide bonds. The third-order valence-electron chi connectivity index (χ3n) is 5.90. The van der Waals surface area contributed by atoms with Gasteiger partial charge in [-0.2, -0.15) is 4.39 Å². The van der Waals surface area contributed by atoms with Crippen LogP contribution >= 0.6 is 0 Å². The molecule has 0 saturated heterocycles.